The highest BCUT2D eigenvalue weighted by Gasteiger charge is 2.17. The van der Waals surface area contributed by atoms with E-state index in [4.69, 9.17) is 21.7 Å². The van der Waals surface area contributed by atoms with Crippen LogP contribution in [0.1, 0.15) is 0 Å². The first-order valence-corrected chi connectivity index (χ1v) is 10.1. The second-order valence-corrected chi connectivity index (χ2v) is 7.22. The highest BCUT2D eigenvalue weighted by Crippen LogP contribution is 2.27. The Hall–Kier alpha value is -3.17. The Kier molecular flexibility index (Phi) is 6.10. The summed E-state index contributed by atoms with van der Waals surface area (Å²) in [5.41, 5.74) is 2.59. The van der Waals surface area contributed by atoms with E-state index in [1.165, 1.54) is 0 Å². The summed E-state index contributed by atoms with van der Waals surface area (Å²) >= 11 is 5.35. The van der Waals surface area contributed by atoms with Crippen LogP contribution in [0.4, 0.5) is 11.4 Å². The summed E-state index contributed by atoms with van der Waals surface area (Å²) in [4.78, 5) is 15.1. The average Bonchev–Trinajstić information content (AvgIpc) is 3.14. The van der Waals surface area contributed by atoms with Crippen LogP contribution < -0.4 is 15.0 Å². The first-order chi connectivity index (χ1) is 14.7. The monoisotopic (exact) mass is 425 g/mol. The lowest BCUT2D eigenvalue weighted by Gasteiger charge is -2.30. The standard InChI is InChI=1S/C21H23N5O3S/c1-28-16-8-6-15(7-9-16)20-23-24-21(30)26(20)14-19(27)22-17-4-2-3-5-18(17)25-10-12-29-13-11-25/h2-9H,10-14H2,1H3,(H,22,27)(H,24,30). The molecule has 0 spiro atoms. The number of amides is 1. The molecule has 3 aromatic rings. The molecule has 1 aliphatic rings. The molecule has 9 heteroatoms. The molecule has 0 aliphatic carbocycles. The fraction of sp³-hybridized carbons (Fsp3) is 0.286. The van der Waals surface area contributed by atoms with Gasteiger partial charge in [-0.1, -0.05) is 12.1 Å². The van der Waals surface area contributed by atoms with Crippen molar-refractivity contribution in [2.75, 3.05) is 43.6 Å². The molecule has 1 aromatic heterocycles. The van der Waals surface area contributed by atoms with Crippen molar-refractivity contribution >= 4 is 29.5 Å². The van der Waals surface area contributed by atoms with E-state index < -0.39 is 0 Å². The van der Waals surface area contributed by atoms with Crippen molar-refractivity contribution < 1.29 is 14.3 Å². The first-order valence-electron chi connectivity index (χ1n) is 9.67. The maximum Gasteiger partial charge on any atom is 0.244 e. The van der Waals surface area contributed by atoms with Crippen molar-refractivity contribution in [1.82, 2.24) is 14.8 Å². The van der Waals surface area contributed by atoms with Crippen LogP contribution in [0.2, 0.25) is 0 Å². The van der Waals surface area contributed by atoms with E-state index >= 15 is 0 Å². The number of anilines is 2. The summed E-state index contributed by atoms with van der Waals surface area (Å²) in [5, 5.41) is 10.1. The quantitative estimate of drug-likeness (QED) is 0.591. The molecule has 2 N–H and O–H groups in total. The van der Waals surface area contributed by atoms with Crippen molar-refractivity contribution in [2.24, 2.45) is 0 Å². The summed E-state index contributed by atoms with van der Waals surface area (Å²) in [7, 11) is 1.62. The number of aromatic amines is 1. The van der Waals surface area contributed by atoms with Gasteiger partial charge in [0, 0.05) is 18.7 Å². The van der Waals surface area contributed by atoms with Crippen LogP contribution in [-0.2, 0) is 16.1 Å². The summed E-state index contributed by atoms with van der Waals surface area (Å²) in [6.45, 7) is 2.99. The minimum Gasteiger partial charge on any atom is -0.497 e. The number of ether oxygens (including phenoxy) is 2. The zero-order valence-electron chi connectivity index (χ0n) is 16.6. The van der Waals surface area contributed by atoms with Gasteiger partial charge >= 0.3 is 0 Å². The van der Waals surface area contributed by atoms with Crippen LogP contribution in [0.25, 0.3) is 11.4 Å². The molecular weight excluding hydrogens is 402 g/mol. The molecule has 2 aromatic carbocycles. The smallest absolute Gasteiger partial charge is 0.244 e. The van der Waals surface area contributed by atoms with Crippen LogP contribution in [0, 0.1) is 4.77 Å². The molecule has 0 saturated carbocycles. The van der Waals surface area contributed by atoms with Gasteiger partial charge in [0.1, 0.15) is 12.3 Å². The number of carbonyl (C=O) groups is 1. The SMILES string of the molecule is COc1ccc(-c2n[nH]c(=S)n2CC(=O)Nc2ccccc2N2CCOCC2)cc1. The molecule has 30 heavy (non-hydrogen) atoms. The second kappa shape index (κ2) is 9.10. The van der Waals surface area contributed by atoms with Crippen molar-refractivity contribution in [3.8, 4) is 17.1 Å². The van der Waals surface area contributed by atoms with Gasteiger partial charge in [0.25, 0.3) is 0 Å². The number of hydrogen-bond donors (Lipinski definition) is 2. The number of benzene rings is 2. The Morgan fingerprint density at radius 3 is 2.67 bits per heavy atom. The lowest BCUT2D eigenvalue weighted by atomic mass is 10.2. The van der Waals surface area contributed by atoms with E-state index in [1.54, 1.807) is 11.7 Å². The predicted molar refractivity (Wildman–Crippen MR) is 118 cm³/mol. The van der Waals surface area contributed by atoms with E-state index in [-0.39, 0.29) is 12.5 Å². The summed E-state index contributed by atoms with van der Waals surface area (Å²) in [5.74, 6) is 1.17. The second-order valence-electron chi connectivity index (χ2n) is 6.83. The van der Waals surface area contributed by atoms with Gasteiger partial charge in [-0.15, -0.1) is 0 Å². The van der Waals surface area contributed by atoms with Gasteiger partial charge in [0.05, 0.1) is 31.7 Å². The molecule has 1 amide bonds. The number of nitrogens with one attached hydrogen (secondary N) is 2. The number of aromatic nitrogens is 3. The lowest BCUT2D eigenvalue weighted by molar-refractivity contribution is -0.116. The Labute approximate surface area is 179 Å². The van der Waals surface area contributed by atoms with Crippen LogP contribution in [0.5, 0.6) is 5.75 Å². The molecule has 156 valence electrons. The number of methoxy groups -OCH3 is 1. The zero-order chi connectivity index (χ0) is 20.9. The van der Waals surface area contributed by atoms with Gasteiger partial charge in [-0.05, 0) is 48.6 Å². The van der Waals surface area contributed by atoms with Crippen LogP contribution >= 0.6 is 12.2 Å². The summed E-state index contributed by atoms with van der Waals surface area (Å²) < 4.78 is 12.7. The first kappa shape index (κ1) is 20.1. The van der Waals surface area contributed by atoms with E-state index in [1.807, 2.05) is 48.5 Å². The van der Waals surface area contributed by atoms with Crippen molar-refractivity contribution in [2.45, 2.75) is 6.54 Å². The largest absolute Gasteiger partial charge is 0.497 e. The number of carbonyl (C=O) groups excluding carboxylic acids is 1. The lowest BCUT2D eigenvalue weighted by Crippen LogP contribution is -2.36. The van der Waals surface area contributed by atoms with Gasteiger partial charge in [0.15, 0.2) is 10.6 Å². The van der Waals surface area contributed by atoms with Crippen LogP contribution in [0.15, 0.2) is 48.5 Å². The molecule has 0 atom stereocenters. The third-order valence-corrected chi connectivity index (χ3v) is 5.25. The Morgan fingerprint density at radius 1 is 1.20 bits per heavy atom. The molecule has 1 aliphatic heterocycles. The fourth-order valence-electron chi connectivity index (χ4n) is 3.42. The molecule has 0 bridgehead atoms. The highest BCUT2D eigenvalue weighted by atomic mass is 32.1. The third kappa shape index (κ3) is 4.37. The molecular formula is C21H23N5O3S. The topological polar surface area (TPSA) is 84.4 Å². The van der Waals surface area contributed by atoms with Crippen LogP contribution in [0.3, 0.4) is 0 Å². The fourth-order valence-corrected chi connectivity index (χ4v) is 3.61. The van der Waals surface area contributed by atoms with Crippen molar-refractivity contribution in [1.29, 1.82) is 0 Å². The summed E-state index contributed by atoms with van der Waals surface area (Å²) in [6.07, 6.45) is 0. The molecule has 0 unspecified atom stereocenters. The number of nitrogens with zero attached hydrogens (tertiary/aromatic N) is 3. The molecule has 4 rings (SSSR count). The van der Waals surface area contributed by atoms with Crippen LogP contribution in [-0.4, -0.2) is 54.1 Å². The number of morpholine rings is 1. The van der Waals surface area contributed by atoms with Gasteiger partial charge < -0.3 is 19.7 Å². The minimum absolute atomic E-state index is 0.0497. The Bertz CT molecular complexity index is 1070. The number of H-pyrrole nitrogens is 1. The maximum atomic E-state index is 12.9. The normalized spacial score (nSPS) is 13.8. The number of rotatable bonds is 6. The Morgan fingerprint density at radius 2 is 1.93 bits per heavy atom. The Balaban J connectivity index is 1.53. The molecule has 8 nitrogen and oxygen atoms in total. The third-order valence-electron chi connectivity index (χ3n) is 4.94. The number of hydrogen-bond acceptors (Lipinski definition) is 6. The van der Waals surface area contributed by atoms with E-state index in [2.05, 4.69) is 20.4 Å². The van der Waals surface area contributed by atoms with E-state index in [0.717, 1.165) is 35.8 Å². The minimum atomic E-state index is -0.178. The predicted octanol–water partition coefficient (Wildman–Crippen LogP) is 3.09. The highest BCUT2D eigenvalue weighted by molar-refractivity contribution is 7.71. The van der Waals surface area contributed by atoms with Crippen molar-refractivity contribution in [3.05, 3.63) is 53.3 Å². The average molecular weight is 426 g/mol. The van der Waals surface area contributed by atoms with E-state index in [9.17, 15) is 4.79 Å². The summed E-state index contributed by atoms with van der Waals surface area (Å²) in [6, 6.07) is 15.2. The van der Waals surface area contributed by atoms with Gasteiger partial charge in [-0.2, -0.15) is 5.10 Å². The molecule has 1 saturated heterocycles. The molecule has 0 radical (unpaired) electrons. The van der Waals surface area contributed by atoms with Crippen molar-refractivity contribution in [3.63, 3.8) is 0 Å². The molecule has 1 fully saturated rings. The number of para-hydroxylation sites is 2. The van der Waals surface area contributed by atoms with Gasteiger partial charge in [0.2, 0.25) is 5.91 Å². The zero-order valence-corrected chi connectivity index (χ0v) is 17.4. The van der Waals surface area contributed by atoms with Gasteiger partial charge in [-0.3, -0.25) is 14.5 Å². The van der Waals surface area contributed by atoms with E-state index in [0.29, 0.717) is 23.8 Å². The molecule has 2 heterocycles. The maximum absolute atomic E-state index is 12.9. The van der Waals surface area contributed by atoms with Gasteiger partial charge in [-0.25, -0.2) is 0 Å².